The van der Waals surface area contributed by atoms with Gasteiger partial charge in [0, 0.05) is 10.6 Å². The third-order valence-electron chi connectivity index (χ3n) is 6.77. The summed E-state index contributed by atoms with van der Waals surface area (Å²) in [6.07, 6.45) is 4.42. The number of rotatable bonds is 7. The van der Waals surface area contributed by atoms with E-state index in [1.165, 1.54) is 4.88 Å². The number of carbonyl (C=O) groups is 2. The van der Waals surface area contributed by atoms with Crippen LogP contribution in [0.25, 0.3) is 0 Å². The Labute approximate surface area is 211 Å². The predicted molar refractivity (Wildman–Crippen MR) is 142 cm³/mol. The van der Waals surface area contributed by atoms with E-state index >= 15 is 0 Å². The molecule has 0 saturated heterocycles. The van der Waals surface area contributed by atoms with Gasteiger partial charge in [0.1, 0.15) is 10.8 Å². The van der Waals surface area contributed by atoms with E-state index in [1.54, 1.807) is 17.6 Å². The van der Waals surface area contributed by atoms with Crippen LogP contribution in [0, 0.1) is 25.2 Å². The molecule has 3 aromatic rings. The number of fused-ring (bicyclic) bond motifs is 1. The number of hydrogen-bond donors (Lipinski definition) is 3. The van der Waals surface area contributed by atoms with Crippen LogP contribution in [0.5, 0.6) is 0 Å². The molecule has 35 heavy (non-hydrogen) atoms. The molecule has 2 aromatic heterocycles. The Hall–Kier alpha value is -2.90. The van der Waals surface area contributed by atoms with Crippen LogP contribution < -0.4 is 16.0 Å². The Morgan fingerprint density at radius 2 is 1.94 bits per heavy atom. The standard InChI is InChI=1S/C28H35N3O3S/c1-17-8-11-22(18(2)13-17)30-26(33)25-21-10-9-19(28(3,4)5)14-23(21)35-27(25)31-24(32)16-29-15-20-7-6-12-34-20/h6-8,11-13,19,29H,9-10,14-16H2,1-5H3,(H,30,33)(H,31,32)/t19-/m1/s1. The summed E-state index contributed by atoms with van der Waals surface area (Å²) in [6, 6.07) is 9.67. The van der Waals surface area contributed by atoms with Crippen molar-refractivity contribution in [1.29, 1.82) is 0 Å². The van der Waals surface area contributed by atoms with Gasteiger partial charge in [-0.15, -0.1) is 11.3 Å². The Morgan fingerprint density at radius 1 is 1.14 bits per heavy atom. The maximum absolute atomic E-state index is 13.6. The molecule has 0 aliphatic heterocycles. The molecule has 1 atom stereocenters. The van der Waals surface area contributed by atoms with Crippen molar-refractivity contribution in [2.75, 3.05) is 17.2 Å². The van der Waals surface area contributed by atoms with E-state index in [1.807, 2.05) is 38.1 Å². The van der Waals surface area contributed by atoms with E-state index in [9.17, 15) is 9.59 Å². The quantitative estimate of drug-likeness (QED) is 0.372. The Bertz CT molecular complexity index is 1210. The van der Waals surface area contributed by atoms with Crippen LogP contribution in [0.3, 0.4) is 0 Å². The number of aryl methyl sites for hydroxylation is 2. The summed E-state index contributed by atoms with van der Waals surface area (Å²) in [5, 5.41) is 9.84. The van der Waals surface area contributed by atoms with E-state index in [2.05, 4.69) is 42.8 Å². The van der Waals surface area contributed by atoms with Crippen molar-refractivity contribution in [3.05, 3.63) is 69.5 Å². The Morgan fingerprint density at radius 3 is 2.63 bits per heavy atom. The van der Waals surface area contributed by atoms with E-state index in [4.69, 9.17) is 4.42 Å². The van der Waals surface area contributed by atoms with Crippen molar-refractivity contribution in [1.82, 2.24) is 5.32 Å². The molecule has 1 aliphatic carbocycles. The highest BCUT2D eigenvalue weighted by molar-refractivity contribution is 7.17. The maximum atomic E-state index is 13.6. The van der Waals surface area contributed by atoms with Crippen LogP contribution in [-0.2, 0) is 24.2 Å². The van der Waals surface area contributed by atoms with Gasteiger partial charge >= 0.3 is 0 Å². The van der Waals surface area contributed by atoms with Crippen molar-refractivity contribution in [3.63, 3.8) is 0 Å². The van der Waals surface area contributed by atoms with Crippen LogP contribution in [-0.4, -0.2) is 18.4 Å². The monoisotopic (exact) mass is 493 g/mol. The molecule has 3 N–H and O–H groups in total. The molecule has 0 radical (unpaired) electrons. The van der Waals surface area contributed by atoms with E-state index in [0.29, 0.717) is 23.0 Å². The zero-order valence-corrected chi connectivity index (χ0v) is 22.0. The number of anilines is 2. The minimum atomic E-state index is -0.178. The van der Waals surface area contributed by atoms with Crippen molar-refractivity contribution in [2.24, 2.45) is 11.3 Å². The lowest BCUT2D eigenvalue weighted by Gasteiger charge is -2.33. The smallest absolute Gasteiger partial charge is 0.258 e. The molecule has 2 heterocycles. The zero-order chi connectivity index (χ0) is 25.2. The number of amides is 2. The number of carbonyl (C=O) groups excluding carboxylic acids is 2. The molecule has 0 bridgehead atoms. The van der Waals surface area contributed by atoms with Gasteiger partial charge in [0.05, 0.1) is 24.9 Å². The molecule has 4 rings (SSSR count). The lowest BCUT2D eigenvalue weighted by atomic mass is 9.72. The van der Waals surface area contributed by atoms with Gasteiger partial charge in [0.15, 0.2) is 0 Å². The first-order valence-electron chi connectivity index (χ1n) is 12.2. The summed E-state index contributed by atoms with van der Waals surface area (Å²) >= 11 is 1.55. The van der Waals surface area contributed by atoms with Gasteiger partial charge in [0.2, 0.25) is 5.91 Å². The first kappa shape index (κ1) is 25.2. The van der Waals surface area contributed by atoms with Gasteiger partial charge < -0.3 is 20.4 Å². The van der Waals surface area contributed by atoms with Crippen LogP contribution in [0.15, 0.2) is 41.0 Å². The molecule has 2 amide bonds. The van der Waals surface area contributed by atoms with E-state index in [-0.39, 0.29) is 23.8 Å². The molecule has 0 unspecified atom stereocenters. The number of benzene rings is 1. The normalized spacial score (nSPS) is 15.5. The molecule has 0 saturated carbocycles. The number of furan rings is 1. The fourth-order valence-electron chi connectivity index (χ4n) is 4.68. The highest BCUT2D eigenvalue weighted by atomic mass is 32.1. The fraction of sp³-hybridized carbons (Fsp3) is 0.429. The predicted octanol–water partition coefficient (Wildman–Crippen LogP) is 6.09. The lowest BCUT2D eigenvalue weighted by Crippen LogP contribution is -2.28. The summed E-state index contributed by atoms with van der Waals surface area (Å²) < 4.78 is 5.31. The van der Waals surface area contributed by atoms with Gasteiger partial charge in [-0.3, -0.25) is 9.59 Å². The topological polar surface area (TPSA) is 83.4 Å². The molecule has 0 spiro atoms. The maximum Gasteiger partial charge on any atom is 0.258 e. The molecule has 186 valence electrons. The van der Waals surface area contributed by atoms with Crippen LogP contribution >= 0.6 is 11.3 Å². The average Bonchev–Trinajstić information content (AvgIpc) is 3.42. The highest BCUT2D eigenvalue weighted by Crippen LogP contribution is 2.44. The minimum Gasteiger partial charge on any atom is -0.468 e. The molecule has 7 heteroatoms. The van der Waals surface area contributed by atoms with Gasteiger partial charge in [-0.1, -0.05) is 38.5 Å². The second-order valence-corrected chi connectivity index (χ2v) is 11.6. The minimum absolute atomic E-state index is 0.131. The van der Waals surface area contributed by atoms with Crippen molar-refractivity contribution in [2.45, 2.75) is 60.4 Å². The SMILES string of the molecule is Cc1ccc(NC(=O)c2c(NC(=O)CNCc3ccco3)sc3c2CC[C@@H](C(C)(C)C)C3)c(C)c1. The molecular formula is C28H35N3O3S. The molecule has 0 fully saturated rings. The molecule has 6 nitrogen and oxygen atoms in total. The number of hydrogen-bond acceptors (Lipinski definition) is 5. The van der Waals surface area contributed by atoms with Crippen molar-refractivity contribution < 1.29 is 14.0 Å². The average molecular weight is 494 g/mol. The lowest BCUT2D eigenvalue weighted by molar-refractivity contribution is -0.115. The second-order valence-electron chi connectivity index (χ2n) is 10.5. The van der Waals surface area contributed by atoms with Crippen molar-refractivity contribution >= 4 is 33.8 Å². The van der Waals surface area contributed by atoms with Gasteiger partial charge in [-0.25, -0.2) is 0 Å². The summed E-state index contributed by atoms with van der Waals surface area (Å²) in [4.78, 5) is 27.5. The largest absolute Gasteiger partial charge is 0.468 e. The summed E-state index contributed by atoms with van der Waals surface area (Å²) in [6.45, 7) is 11.5. The number of thiophene rings is 1. The third-order valence-corrected chi connectivity index (χ3v) is 7.93. The van der Waals surface area contributed by atoms with Gasteiger partial charge in [0.25, 0.3) is 5.91 Å². The first-order chi connectivity index (χ1) is 16.6. The third kappa shape index (κ3) is 6.03. The highest BCUT2D eigenvalue weighted by Gasteiger charge is 2.34. The van der Waals surface area contributed by atoms with Gasteiger partial charge in [-0.05, 0) is 73.8 Å². The summed E-state index contributed by atoms with van der Waals surface area (Å²) in [7, 11) is 0. The summed E-state index contributed by atoms with van der Waals surface area (Å²) in [5.74, 6) is 0.971. The zero-order valence-electron chi connectivity index (χ0n) is 21.2. The molecule has 1 aliphatic rings. The van der Waals surface area contributed by atoms with Gasteiger partial charge in [-0.2, -0.15) is 0 Å². The number of nitrogens with one attached hydrogen (secondary N) is 3. The van der Waals surface area contributed by atoms with Crippen LogP contribution in [0.4, 0.5) is 10.7 Å². The second kappa shape index (κ2) is 10.4. The van der Waals surface area contributed by atoms with Crippen LogP contribution in [0.2, 0.25) is 0 Å². The Balaban J connectivity index is 1.56. The summed E-state index contributed by atoms with van der Waals surface area (Å²) in [5.41, 5.74) is 4.84. The van der Waals surface area contributed by atoms with E-state index < -0.39 is 0 Å². The Kier molecular flexibility index (Phi) is 7.47. The van der Waals surface area contributed by atoms with Crippen LogP contribution in [0.1, 0.15) is 64.9 Å². The molecule has 1 aromatic carbocycles. The first-order valence-corrected chi connectivity index (χ1v) is 13.0. The van der Waals surface area contributed by atoms with E-state index in [0.717, 1.165) is 47.4 Å². The van der Waals surface area contributed by atoms with Crippen molar-refractivity contribution in [3.8, 4) is 0 Å². The fourth-order valence-corrected chi connectivity index (χ4v) is 6.02. The molecular weight excluding hydrogens is 458 g/mol.